The summed E-state index contributed by atoms with van der Waals surface area (Å²) in [6, 6.07) is 15.0. The van der Waals surface area contributed by atoms with Gasteiger partial charge in [0, 0.05) is 44.8 Å². The lowest BCUT2D eigenvalue weighted by atomic mass is 10.1. The highest BCUT2D eigenvalue weighted by atomic mass is 35.5. The third kappa shape index (κ3) is 4.36. The van der Waals surface area contributed by atoms with Crippen LogP contribution >= 0.6 is 11.6 Å². The van der Waals surface area contributed by atoms with Gasteiger partial charge in [0.25, 0.3) is 5.91 Å². The van der Waals surface area contributed by atoms with E-state index in [-0.39, 0.29) is 12.5 Å². The predicted octanol–water partition coefficient (Wildman–Crippen LogP) is 4.23. The van der Waals surface area contributed by atoms with Gasteiger partial charge in [-0.25, -0.2) is 9.97 Å². The molecule has 1 aromatic carbocycles. The maximum Gasteiger partial charge on any atom is 0.257 e. The first-order valence-corrected chi connectivity index (χ1v) is 11.3. The monoisotopic (exact) mass is 461 g/mol. The zero-order valence-corrected chi connectivity index (χ0v) is 19.1. The first-order chi connectivity index (χ1) is 16.1. The van der Waals surface area contributed by atoms with Crippen LogP contribution in [0, 0.1) is 6.92 Å². The number of benzene rings is 1. The number of piperazine rings is 1. The second-order valence-corrected chi connectivity index (χ2v) is 8.43. The summed E-state index contributed by atoms with van der Waals surface area (Å²) in [5, 5.41) is 0.623. The molecule has 168 valence electrons. The van der Waals surface area contributed by atoms with Crippen LogP contribution in [0.3, 0.4) is 0 Å². The molecular weight excluding hydrogens is 438 g/mol. The molecule has 1 fully saturated rings. The number of carbonyl (C=O) groups is 1. The number of rotatable bonds is 5. The van der Waals surface area contributed by atoms with E-state index in [1.165, 1.54) is 0 Å². The van der Waals surface area contributed by atoms with Gasteiger partial charge in [0.15, 0.2) is 0 Å². The van der Waals surface area contributed by atoms with Crippen molar-refractivity contribution in [1.29, 1.82) is 0 Å². The third-order valence-corrected chi connectivity index (χ3v) is 6.12. The number of imidazole rings is 1. The number of carbonyl (C=O) groups excluding carboxylic acids is 1. The normalized spacial score (nSPS) is 14.0. The van der Waals surface area contributed by atoms with Crippen LogP contribution in [0.5, 0.6) is 5.75 Å². The van der Waals surface area contributed by atoms with Crippen molar-refractivity contribution in [2.45, 2.75) is 13.5 Å². The van der Waals surface area contributed by atoms with E-state index >= 15 is 0 Å². The molecule has 33 heavy (non-hydrogen) atoms. The number of pyridine rings is 2. The topological polar surface area (TPSA) is 63.0 Å². The molecule has 0 unspecified atom stereocenters. The Labute approximate surface area is 197 Å². The van der Waals surface area contributed by atoms with Gasteiger partial charge in [-0.3, -0.25) is 4.79 Å². The lowest BCUT2D eigenvalue weighted by molar-refractivity contribution is 0.0741. The minimum absolute atomic E-state index is 0.0387. The molecule has 3 aromatic heterocycles. The average Bonchev–Trinajstić information content (AvgIpc) is 3.28. The zero-order chi connectivity index (χ0) is 22.8. The van der Waals surface area contributed by atoms with Crippen LogP contribution in [-0.2, 0) is 6.61 Å². The summed E-state index contributed by atoms with van der Waals surface area (Å²) in [6.45, 7) is 4.84. The van der Waals surface area contributed by atoms with E-state index in [1.807, 2.05) is 77.1 Å². The van der Waals surface area contributed by atoms with Gasteiger partial charge in [-0.2, -0.15) is 0 Å². The number of hydrogen-bond acceptors (Lipinski definition) is 5. The number of anilines is 1. The van der Waals surface area contributed by atoms with Crippen molar-refractivity contribution in [3.63, 3.8) is 0 Å². The van der Waals surface area contributed by atoms with E-state index in [0.29, 0.717) is 42.5 Å². The lowest BCUT2D eigenvalue weighted by Crippen LogP contribution is -2.49. The lowest BCUT2D eigenvalue weighted by Gasteiger charge is -2.35. The van der Waals surface area contributed by atoms with Gasteiger partial charge >= 0.3 is 0 Å². The fraction of sp³-hybridized carbons (Fsp3) is 0.240. The minimum Gasteiger partial charge on any atom is -0.486 e. The standard InChI is InChI=1S/C25H24ClN5O2/c1-18-6-5-11-31-16-19(28-23(18)31)17-33-22-9-3-2-7-20(22)25(32)30-14-12-29(13-15-30)24-21(26)8-4-10-27-24/h2-11,16H,12-15,17H2,1H3. The molecule has 7 nitrogen and oxygen atoms in total. The Morgan fingerprint density at radius 1 is 1.06 bits per heavy atom. The van der Waals surface area contributed by atoms with Crippen molar-refractivity contribution in [1.82, 2.24) is 19.3 Å². The molecule has 1 saturated heterocycles. The van der Waals surface area contributed by atoms with Crippen LogP contribution in [0.1, 0.15) is 21.6 Å². The number of amides is 1. The molecule has 0 atom stereocenters. The zero-order valence-electron chi connectivity index (χ0n) is 18.3. The third-order valence-electron chi connectivity index (χ3n) is 5.83. The molecule has 1 aliphatic rings. The Balaban J connectivity index is 1.27. The van der Waals surface area contributed by atoms with E-state index in [4.69, 9.17) is 16.3 Å². The van der Waals surface area contributed by atoms with Gasteiger partial charge < -0.3 is 18.9 Å². The summed E-state index contributed by atoms with van der Waals surface area (Å²) in [5.74, 6) is 1.28. The highest BCUT2D eigenvalue weighted by molar-refractivity contribution is 6.32. The minimum atomic E-state index is -0.0387. The molecule has 1 amide bonds. The summed E-state index contributed by atoms with van der Waals surface area (Å²) < 4.78 is 8.03. The van der Waals surface area contributed by atoms with Crippen molar-refractivity contribution in [2.75, 3.05) is 31.1 Å². The summed E-state index contributed by atoms with van der Waals surface area (Å²) in [6.07, 6.45) is 5.65. The van der Waals surface area contributed by atoms with E-state index in [2.05, 4.69) is 14.9 Å². The number of hydrogen-bond donors (Lipinski definition) is 0. The highest BCUT2D eigenvalue weighted by Crippen LogP contribution is 2.25. The van der Waals surface area contributed by atoms with Gasteiger partial charge in [-0.1, -0.05) is 29.8 Å². The average molecular weight is 462 g/mol. The molecule has 0 aliphatic carbocycles. The molecule has 0 spiro atoms. The highest BCUT2D eigenvalue weighted by Gasteiger charge is 2.25. The van der Waals surface area contributed by atoms with E-state index in [1.54, 1.807) is 6.20 Å². The first kappa shape index (κ1) is 21.3. The van der Waals surface area contributed by atoms with Crippen molar-refractivity contribution in [3.8, 4) is 5.75 Å². The molecule has 1 aliphatic heterocycles. The number of aryl methyl sites for hydroxylation is 1. The van der Waals surface area contributed by atoms with Crippen molar-refractivity contribution < 1.29 is 9.53 Å². The quantitative estimate of drug-likeness (QED) is 0.445. The summed E-state index contributed by atoms with van der Waals surface area (Å²) >= 11 is 6.29. The Hall–Kier alpha value is -3.58. The van der Waals surface area contributed by atoms with Gasteiger partial charge in [-0.05, 0) is 42.8 Å². The number of nitrogens with zero attached hydrogens (tertiary/aromatic N) is 5. The van der Waals surface area contributed by atoms with Gasteiger partial charge in [0.2, 0.25) is 0 Å². The Morgan fingerprint density at radius 2 is 1.88 bits per heavy atom. The van der Waals surface area contributed by atoms with Crippen LogP contribution in [0.4, 0.5) is 5.82 Å². The maximum absolute atomic E-state index is 13.3. The van der Waals surface area contributed by atoms with E-state index in [0.717, 1.165) is 22.7 Å². The molecule has 5 rings (SSSR count). The molecule has 0 bridgehead atoms. The molecular formula is C25H24ClN5O2. The van der Waals surface area contributed by atoms with Gasteiger partial charge in [0.1, 0.15) is 23.8 Å². The van der Waals surface area contributed by atoms with Crippen LogP contribution in [0.2, 0.25) is 5.02 Å². The van der Waals surface area contributed by atoms with Crippen LogP contribution in [0.15, 0.2) is 67.1 Å². The van der Waals surface area contributed by atoms with Gasteiger partial charge in [-0.15, -0.1) is 0 Å². The molecule has 4 aromatic rings. The number of ether oxygens (including phenoxy) is 1. The second kappa shape index (κ2) is 9.11. The van der Waals surface area contributed by atoms with Crippen molar-refractivity contribution in [2.24, 2.45) is 0 Å². The van der Waals surface area contributed by atoms with E-state index in [9.17, 15) is 4.79 Å². The number of halogens is 1. The molecule has 0 radical (unpaired) electrons. The fourth-order valence-corrected chi connectivity index (χ4v) is 4.34. The van der Waals surface area contributed by atoms with Crippen molar-refractivity contribution in [3.05, 3.63) is 89.0 Å². The Kier molecular flexibility index (Phi) is 5.88. The van der Waals surface area contributed by atoms with Crippen LogP contribution in [-0.4, -0.2) is 51.4 Å². The summed E-state index contributed by atoms with van der Waals surface area (Å²) in [4.78, 5) is 26.3. The molecule has 0 saturated carbocycles. The predicted molar refractivity (Wildman–Crippen MR) is 128 cm³/mol. The number of fused-ring (bicyclic) bond motifs is 1. The fourth-order valence-electron chi connectivity index (χ4n) is 4.10. The van der Waals surface area contributed by atoms with Crippen LogP contribution in [0.25, 0.3) is 5.65 Å². The maximum atomic E-state index is 13.3. The molecule has 0 N–H and O–H groups in total. The Morgan fingerprint density at radius 3 is 2.67 bits per heavy atom. The molecule has 8 heteroatoms. The van der Waals surface area contributed by atoms with Crippen molar-refractivity contribution >= 4 is 29.0 Å². The van der Waals surface area contributed by atoms with E-state index < -0.39 is 0 Å². The number of para-hydroxylation sites is 1. The largest absolute Gasteiger partial charge is 0.486 e. The summed E-state index contributed by atoms with van der Waals surface area (Å²) in [7, 11) is 0. The first-order valence-electron chi connectivity index (χ1n) is 10.9. The van der Waals surface area contributed by atoms with Crippen LogP contribution < -0.4 is 9.64 Å². The summed E-state index contributed by atoms with van der Waals surface area (Å²) in [5.41, 5.74) is 3.38. The van der Waals surface area contributed by atoms with Gasteiger partial charge in [0.05, 0.1) is 16.3 Å². The molecule has 4 heterocycles. The Bertz CT molecular complexity index is 1300. The smallest absolute Gasteiger partial charge is 0.257 e. The SMILES string of the molecule is Cc1cccn2cc(COc3ccccc3C(=O)N3CCN(c4ncccc4Cl)CC3)nc12. The number of aromatic nitrogens is 3. The second-order valence-electron chi connectivity index (χ2n) is 8.03.